The largest absolute Gasteiger partial charge is 0.294 e. The summed E-state index contributed by atoms with van der Waals surface area (Å²) in [4.78, 5) is 8.54. The van der Waals surface area contributed by atoms with Gasteiger partial charge in [0.15, 0.2) is 0 Å². The number of hydrogen-bond donors (Lipinski definition) is 1. The quantitative estimate of drug-likeness (QED) is 0.632. The van der Waals surface area contributed by atoms with Crippen molar-refractivity contribution in [1.29, 1.82) is 0 Å². The molecule has 0 amide bonds. The van der Waals surface area contributed by atoms with Crippen LogP contribution < -0.4 is 5.90 Å². The summed E-state index contributed by atoms with van der Waals surface area (Å²) in [6.07, 6.45) is 1.65. The van der Waals surface area contributed by atoms with Gasteiger partial charge in [0.25, 0.3) is 0 Å². The molecule has 1 unspecified atom stereocenters. The van der Waals surface area contributed by atoms with Crippen LogP contribution in [0.4, 0.5) is 0 Å². The second-order valence-corrected chi connectivity index (χ2v) is 2.57. The van der Waals surface area contributed by atoms with E-state index in [1.165, 1.54) is 11.3 Å². The summed E-state index contributed by atoms with van der Waals surface area (Å²) in [5.41, 5.74) is 0. The average Bonchev–Trinajstić information content (AvgIpc) is 2.37. The number of nitrogens with zero attached hydrogens (tertiary/aromatic N) is 1. The Kier molecular flexibility index (Phi) is 2.16. The lowest BCUT2D eigenvalue weighted by molar-refractivity contribution is 0.0662. The molecule has 9 heavy (non-hydrogen) atoms. The van der Waals surface area contributed by atoms with Crippen molar-refractivity contribution in [3.63, 3.8) is 0 Å². The van der Waals surface area contributed by atoms with Crippen molar-refractivity contribution in [2.24, 2.45) is 5.90 Å². The zero-order valence-electron chi connectivity index (χ0n) is 5.07. The van der Waals surface area contributed by atoms with Crippen molar-refractivity contribution in [1.82, 2.24) is 4.98 Å². The number of aromatic nitrogens is 1. The van der Waals surface area contributed by atoms with Crippen LogP contribution in [0.5, 0.6) is 0 Å². The molecule has 0 saturated carbocycles. The molecule has 0 spiro atoms. The van der Waals surface area contributed by atoms with Gasteiger partial charge in [-0.25, -0.2) is 10.9 Å². The summed E-state index contributed by atoms with van der Waals surface area (Å²) in [5.74, 6) is 4.93. The van der Waals surface area contributed by atoms with Gasteiger partial charge >= 0.3 is 0 Å². The predicted octanol–water partition coefficient (Wildman–Crippen LogP) is 1.09. The van der Waals surface area contributed by atoms with Crippen LogP contribution in [0.25, 0.3) is 0 Å². The van der Waals surface area contributed by atoms with Crippen molar-refractivity contribution in [3.05, 3.63) is 16.6 Å². The molecule has 0 fully saturated rings. The van der Waals surface area contributed by atoms with E-state index in [2.05, 4.69) is 9.82 Å². The van der Waals surface area contributed by atoms with Gasteiger partial charge in [-0.2, -0.15) is 0 Å². The van der Waals surface area contributed by atoms with Crippen LogP contribution in [0.3, 0.4) is 0 Å². The van der Waals surface area contributed by atoms with Gasteiger partial charge in [-0.05, 0) is 6.92 Å². The second kappa shape index (κ2) is 2.91. The van der Waals surface area contributed by atoms with Crippen LogP contribution in [0.1, 0.15) is 18.0 Å². The minimum absolute atomic E-state index is 0.0787. The average molecular weight is 144 g/mol. The Bertz CT molecular complexity index is 163. The van der Waals surface area contributed by atoms with Crippen molar-refractivity contribution in [2.75, 3.05) is 0 Å². The SMILES string of the molecule is CC(ON)c1nccs1. The van der Waals surface area contributed by atoms with Gasteiger partial charge in [-0.15, -0.1) is 11.3 Å². The van der Waals surface area contributed by atoms with Crippen molar-refractivity contribution >= 4 is 11.3 Å². The van der Waals surface area contributed by atoms with E-state index in [0.29, 0.717) is 0 Å². The third-order valence-corrected chi connectivity index (χ3v) is 1.94. The number of nitrogens with two attached hydrogens (primary N) is 1. The Morgan fingerprint density at radius 2 is 2.67 bits per heavy atom. The van der Waals surface area contributed by atoms with E-state index in [4.69, 9.17) is 5.90 Å². The fourth-order valence-corrected chi connectivity index (χ4v) is 1.12. The lowest BCUT2D eigenvalue weighted by Crippen LogP contribution is -2.04. The molecule has 0 bridgehead atoms. The highest BCUT2D eigenvalue weighted by atomic mass is 32.1. The Morgan fingerprint density at radius 1 is 1.89 bits per heavy atom. The molecular formula is C5H8N2OS. The van der Waals surface area contributed by atoms with Crippen molar-refractivity contribution < 1.29 is 4.84 Å². The summed E-state index contributed by atoms with van der Waals surface area (Å²) in [6, 6.07) is 0. The van der Waals surface area contributed by atoms with E-state index >= 15 is 0 Å². The third-order valence-electron chi connectivity index (χ3n) is 1.00. The second-order valence-electron chi connectivity index (χ2n) is 1.65. The van der Waals surface area contributed by atoms with Crippen LogP contribution in [0.2, 0.25) is 0 Å². The molecule has 0 aliphatic carbocycles. The molecule has 0 radical (unpaired) electrons. The van der Waals surface area contributed by atoms with E-state index < -0.39 is 0 Å². The Balaban J connectivity index is 2.65. The van der Waals surface area contributed by atoms with Crippen LogP contribution in [0, 0.1) is 0 Å². The summed E-state index contributed by atoms with van der Waals surface area (Å²) >= 11 is 1.54. The Morgan fingerprint density at radius 3 is 3.11 bits per heavy atom. The summed E-state index contributed by atoms with van der Waals surface area (Å²) in [7, 11) is 0. The summed E-state index contributed by atoms with van der Waals surface area (Å²) < 4.78 is 0. The maximum absolute atomic E-state index is 4.93. The molecule has 0 aliphatic heterocycles. The molecular weight excluding hydrogens is 136 g/mol. The van der Waals surface area contributed by atoms with E-state index in [1.807, 2.05) is 12.3 Å². The maximum Gasteiger partial charge on any atom is 0.127 e. The fraction of sp³-hybridized carbons (Fsp3) is 0.400. The van der Waals surface area contributed by atoms with E-state index in [0.717, 1.165) is 5.01 Å². The molecule has 1 heterocycles. The van der Waals surface area contributed by atoms with Gasteiger partial charge in [-0.3, -0.25) is 4.84 Å². The lowest BCUT2D eigenvalue weighted by Gasteiger charge is -2.01. The third kappa shape index (κ3) is 1.48. The first-order valence-electron chi connectivity index (χ1n) is 2.59. The maximum atomic E-state index is 4.93. The van der Waals surface area contributed by atoms with E-state index in [1.54, 1.807) is 6.20 Å². The number of hydrogen-bond acceptors (Lipinski definition) is 4. The first-order valence-corrected chi connectivity index (χ1v) is 3.47. The minimum Gasteiger partial charge on any atom is -0.294 e. The molecule has 2 N–H and O–H groups in total. The lowest BCUT2D eigenvalue weighted by atomic mass is 10.4. The molecule has 0 aliphatic rings. The van der Waals surface area contributed by atoms with Gasteiger partial charge in [0.1, 0.15) is 11.1 Å². The van der Waals surface area contributed by atoms with Crippen molar-refractivity contribution in [3.8, 4) is 0 Å². The van der Waals surface area contributed by atoms with Crippen LogP contribution in [-0.4, -0.2) is 4.98 Å². The van der Waals surface area contributed by atoms with Crippen molar-refractivity contribution in [2.45, 2.75) is 13.0 Å². The predicted molar refractivity (Wildman–Crippen MR) is 35.8 cm³/mol. The molecule has 0 aromatic carbocycles. The van der Waals surface area contributed by atoms with Gasteiger partial charge in [0.2, 0.25) is 0 Å². The molecule has 1 atom stereocenters. The molecule has 0 saturated heterocycles. The summed E-state index contributed by atoms with van der Waals surface area (Å²) in [5, 5.41) is 2.81. The number of rotatable bonds is 2. The van der Waals surface area contributed by atoms with Gasteiger partial charge in [-0.1, -0.05) is 0 Å². The highest BCUT2D eigenvalue weighted by Crippen LogP contribution is 2.15. The molecule has 1 aromatic rings. The normalized spacial score (nSPS) is 13.6. The minimum atomic E-state index is -0.0787. The van der Waals surface area contributed by atoms with Crippen LogP contribution in [-0.2, 0) is 4.84 Å². The molecule has 3 nitrogen and oxygen atoms in total. The first-order chi connectivity index (χ1) is 4.34. The molecule has 50 valence electrons. The van der Waals surface area contributed by atoms with Gasteiger partial charge in [0, 0.05) is 11.6 Å². The Labute approximate surface area is 57.4 Å². The Hall–Kier alpha value is -0.450. The zero-order valence-corrected chi connectivity index (χ0v) is 5.89. The molecule has 4 heteroatoms. The highest BCUT2D eigenvalue weighted by Gasteiger charge is 2.04. The number of thiazole rings is 1. The monoisotopic (exact) mass is 144 g/mol. The van der Waals surface area contributed by atoms with Crippen LogP contribution >= 0.6 is 11.3 Å². The van der Waals surface area contributed by atoms with E-state index in [-0.39, 0.29) is 6.10 Å². The molecule has 1 rings (SSSR count). The standard InChI is InChI=1S/C5H8N2OS/c1-4(8-6)5-7-2-3-9-5/h2-4H,6H2,1H3. The van der Waals surface area contributed by atoms with Crippen LogP contribution in [0.15, 0.2) is 11.6 Å². The highest BCUT2D eigenvalue weighted by molar-refractivity contribution is 7.09. The van der Waals surface area contributed by atoms with E-state index in [9.17, 15) is 0 Å². The van der Waals surface area contributed by atoms with Gasteiger partial charge in [0.05, 0.1) is 0 Å². The smallest absolute Gasteiger partial charge is 0.127 e. The molecule has 1 aromatic heterocycles. The van der Waals surface area contributed by atoms with Gasteiger partial charge < -0.3 is 0 Å². The fourth-order valence-electron chi connectivity index (χ4n) is 0.493. The first kappa shape index (κ1) is 6.67. The zero-order chi connectivity index (χ0) is 6.69. The topological polar surface area (TPSA) is 48.1 Å². The summed E-state index contributed by atoms with van der Waals surface area (Å²) in [6.45, 7) is 1.86.